The number of primary amides is 1. The average Bonchev–Trinajstić information content (AvgIpc) is 2.76. The second-order valence-electron chi connectivity index (χ2n) is 8.68. The van der Waals surface area contributed by atoms with Crippen LogP contribution in [0, 0.1) is 5.92 Å². The standard InChI is InChI=1S/C24H45N3O5/c1-5-6-7-8-9-10-11-12-13-14-15-16-21(29)26-19(17-20(25)28)23(30)27-22(18(2)3)24(31)32-4/h18-19,22H,5-17H2,1-4H3,(H2,25,28)(H,26,29)(H,27,30)/t19-,22-/m0/s1/i1D. The number of rotatable bonds is 19. The van der Waals surface area contributed by atoms with Gasteiger partial charge in [0, 0.05) is 7.79 Å². The molecule has 2 atom stereocenters. The van der Waals surface area contributed by atoms with Crippen molar-refractivity contribution in [1.82, 2.24) is 10.6 Å². The summed E-state index contributed by atoms with van der Waals surface area (Å²) in [6.07, 6.45) is 12.1. The maximum Gasteiger partial charge on any atom is 0.328 e. The van der Waals surface area contributed by atoms with Crippen LogP contribution in [0.3, 0.4) is 0 Å². The molecule has 0 radical (unpaired) electrons. The second kappa shape index (κ2) is 18.5. The van der Waals surface area contributed by atoms with Gasteiger partial charge < -0.3 is 21.1 Å². The number of amides is 3. The third-order valence-corrected chi connectivity index (χ3v) is 5.38. The predicted octanol–water partition coefficient (Wildman–Crippen LogP) is 3.36. The van der Waals surface area contributed by atoms with Crippen molar-refractivity contribution in [2.75, 3.05) is 7.11 Å². The summed E-state index contributed by atoms with van der Waals surface area (Å²) in [7, 11) is 1.23. The first-order valence-corrected chi connectivity index (χ1v) is 12.0. The molecule has 0 aliphatic carbocycles. The van der Waals surface area contributed by atoms with Crippen LogP contribution < -0.4 is 16.4 Å². The maximum absolute atomic E-state index is 12.6. The SMILES string of the molecule is [2H]CCCCCCCCCCCCCC(=O)N[C@@H](CC(N)=O)C(=O)N[C@H](C(=O)OC)C(C)C. The lowest BCUT2D eigenvalue weighted by Gasteiger charge is -2.23. The first-order valence-electron chi connectivity index (χ1n) is 12.7. The van der Waals surface area contributed by atoms with Crippen LogP contribution in [0.5, 0.6) is 0 Å². The van der Waals surface area contributed by atoms with Crippen LogP contribution in [0.1, 0.15) is 106 Å². The molecule has 0 aromatic heterocycles. The Bertz CT molecular complexity index is 586. The van der Waals surface area contributed by atoms with Crippen LogP contribution in [0.4, 0.5) is 0 Å². The average molecular weight is 457 g/mol. The van der Waals surface area contributed by atoms with E-state index in [-0.39, 0.29) is 24.7 Å². The number of ether oxygens (including phenoxy) is 1. The zero-order valence-electron chi connectivity index (χ0n) is 21.3. The fourth-order valence-corrected chi connectivity index (χ4v) is 3.43. The number of carbonyl (C=O) groups excluding carboxylic acids is 4. The fraction of sp³-hybridized carbons (Fsp3) is 0.833. The molecule has 0 spiro atoms. The van der Waals surface area contributed by atoms with E-state index in [1.54, 1.807) is 13.8 Å². The van der Waals surface area contributed by atoms with Gasteiger partial charge in [-0.15, -0.1) is 0 Å². The highest BCUT2D eigenvalue weighted by Gasteiger charge is 2.30. The Kier molecular flexibility index (Phi) is 16.1. The molecule has 0 rings (SSSR count). The van der Waals surface area contributed by atoms with Gasteiger partial charge in [-0.25, -0.2) is 4.79 Å². The molecule has 0 saturated carbocycles. The van der Waals surface area contributed by atoms with Crippen molar-refractivity contribution < 1.29 is 25.3 Å². The van der Waals surface area contributed by atoms with Gasteiger partial charge in [-0.05, 0) is 12.3 Å². The number of unbranched alkanes of at least 4 members (excludes halogenated alkanes) is 10. The number of nitrogens with one attached hydrogen (secondary N) is 2. The molecule has 0 aromatic carbocycles. The summed E-state index contributed by atoms with van der Waals surface area (Å²) in [6, 6.07) is -2.00. The maximum atomic E-state index is 12.6. The summed E-state index contributed by atoms with van der Waals surface area (Å²) in [5, 5.41) is 5.12. The number of hydrogen-bond donors (Lipinski definition) is 3. The molecule has 32 heavy (non-hydrogen) atoms. The molecule has 0 unspecified atom stereocenters. The summed E-state index contributed by atoms with van der Waals surface area (Å²) >= 11 is 0. The lowest BCUT2D eigenvalue weighted by molar-refractivity contribution is -0.146. The van der Waals surface area contributed by atoms with E-state index in [9.17, 15) is 19.2 Å². The van der Waals surface area contributed by atoms with Crippen molar-refractivity contribution in [3.05, 3.63) is 0 Å². The number of esters is 1. The summed E-state index contributed by atoms with van der Waals surface area (Å²) in [6.45, 7) is 4.04. The van der Waals surface area contributed by atoms with E-state index in [1.807, 2.05) is 0 Å². The van der Waals surface area contributed by atoms with Crippen molar-refractivity contribution in [3.63, 3.8) is 0 Å². The summed E-state index contributed by atoms with van der Waals surface area (Å²) in [4.78, 5) is 48.1. The van der Waals surface area contributed by atoms with Gasteiger partial charge >= 0.3 is 5.97 Å². The van der Waals surface area contributed by atoms with E-state index >= 15 is 0 Å². The Labute approximate surface area is 195 Å². The third-order valence-electron chi connectivity index (χ3n) is 5.38. The first kappa shape index (κ1) is 27.9. The lowest BCUT2D eigenvalue weighted by Crippen LogP contribution is -2.54. The second-order valence-corrected chi connectivity index (χ2v) is 8.68. The molecule has 4 N–H and O–H groups in total. The van der Waals surface area contributed by atoms with Crippen molar-refractivity contribution in [3.8, 4) is 0 Å². The molecule has 0 aliphatic rings. The zero-order valence-corrected chi connectivity index (χ0v) is 20.3. The van der Waals surface area contributed by atoms with Gasteiger partial charge in [-0.3, -0.25) is 14.4 Å². The minimum atomic E-state index is -1.12. The predicted molar refractivity (Wildman–Crippen MR) is 126 cm³/mol. The molecule has 186 valence electrons. The van der Waals surface area contributed by atoms with Gasteiger partial charge in [0.25, 0.3) is 0 Å². The molecule has 3 amide bonds. The fourth-order valence-electron chi connectivity index (χ4n) is 3.43. The Hall–Kier alpha value is -2.12. The highest BCUT2D eigenvalue weighted by molar-refractivity contribution is 5.93. The number of methoxy groups -OCH3 is 1. The molecule has 8 heteroatoms. The van der Waals surface area contributed by atoms with Crippen molar-refractivity contribution in [2.45, 2.75) is 116 Å². The van der Waals surface area contributed by atoms with Crippen LogP contribution in [0.25, 0.3) is 0 Å². The van der Waals surface area contributed by atoms with Gasteiger partial charge in [0.1, 0.15) is 12.1 Å². The lowest BCUT2D eigenvalue weighted by atomic mass is 10.0. The molecule has 0 aliphatic heterocycles. The number of carbonyl (C=O) groups is 4. The van der Waals surface area contributed by atoms with E-state index in [0.717, 1.165) is 32.1 Å². The summed E-state index contributed by atoms with van der Waals surface area (Å²) < 4.78 is 11.8. The highest BCUT2D eigenvalue weighted by atomic mass is 16.5. The molecule has 0 heterocycles. The Morgan fingerprint density at radius 2 is 1.41 bits per heavy atom. The van der Waals surface area contributed by atoms with Gasteiger partial charge in [0.05, 0.1) is 13.5 Å². The minimum absolute atomic E-state index is 0.222. The van der Waals surface area contributed by atoms with Gasteiger partial charge in [-0.2, -0.15) is 0 Å². The topological polar surface area (TPSA) is 128 Å². The quantitative estimate of drug-likeness (QED) is 0.203. The molecule has 0 fully saturated rings. The number of nitrogens with two attached hydrogens (primary N) is 1. The Morgan fingerprint density at radius 1 is 0.875 bits per heavy atom. The highest BCUT2D eigenvalue weighted by Crippen LogP contribution is 2.12. The van der Waals surface area contributed by atoms with Crippen molar-refractivity contribution in [2.24, 2.45) is 11.7 Å². The van der Waals surface area contributed by atoms with Crippen LogP contribution in [0.2, 0.25) is 0 Å². The Balaban J connectivity index is 4.22. The smallest absolute Gasteiger partial charge is 0.328 e. The third kappa shape index (κ3) is 14.8. The minimum Gasteiger partial charge on any atom is -0.467 e. The monoisotopic (exact) mass is 456 g/mol. The van der Waals surface area contributed by atoms with Gasteiger partial charge in [0.2, 0.25) is 17.7 Å². The van der Waals surface area contributed by atoms with E-state index in [2.05, 4.69) is 10.6 Å². The number of hydrogen-bond acceptors (Lipinski definition) is 5. The van der Waals surface area contributed by atoms with Crippen LogP contribution in [-0.4, -0.2) is 42.9 Å². The van der Waals surface area contributed by atoms with Gasteiger partial charge in [0.15, 0.2) is 0 Å². The van der Waals surface area contributed by atoms with Crippen LogP contribution >= 0.6 is 0 Å². The van der Waals surface area contributed by atoms with E-state index in [4.69, 9.17) is 11.8 Å². The van der Waals surface area contributed by atoms with Crippen LogP contribution in [0.15, 0.2) is 0 Å². The molecule has 8 nitrogen and oxygen atoms in total. The first-order chi connectivity index (χ1) is 15.7. The van der Waals surface area contributed by atoms with Crippen molar-refractivity contribution >= 4 is 23.7 Å². The van der Waals surface area contributed by atoms with E-state index < -0.39 is 29.9 Å². The van der Waals surface area contributed by atoms with E-state index in [1.165, 1.54) is 39.2 Å². The Morgan fingerprint density at radius 3 is 1.88 bits per heavy atom. The largest absolute Gasteiger partial charge is 0.467 e. The van der Waals surface area contributed by atoms with Gasteiger partial charge in [-0.1, -0.05) is 85.0 Å². The molecule has 0 aromatic rings. The molecule has 0 bridgehead atoms. The van der Waals surface area contributed by atoms with Crippen molar-refractivity contribution in [1.29, 1.82) is 0 Å². The molecule has 0 saturated heterocycles. The van der Waals surface area contributed by atoms with Crippen LogP contribution in [-0.2, 0) is 23.9 Å². The normalized spacial score (nSPS) is 13.2. The van der Waals surface area contributed by atoms with E-state index in [0.29, 0.717) is 13.3 Å². The molecular weight excluding hydrogens is 410 g/mol. The summed E-state index contributed by atoms with van der Waals surface area (Å²) in [5.74, 6) is -2.48. The zero-order chi connectivity index (χ0) is 25.1. The molecular formula is C24H45N3O5. The summed E-state index contributed by atoms with van der Waals surface area (Å²) in [5.41, 5.74) is 5.23.